The smallest absolute Gasteiger partial charge is 0.165 e. The molecule has 1 unspecified atom stereocenters. The Balaban J connectivity index is 2.35. The minimum absolute atomic E-state index is 0.0289. The van der Waals surface area contributed by atoms with Gasteiger partial charge in [0.2, 0.25) is 0 Å². The zero-order chi connectivity index (χ0) is 31.3. The molecule has 8 heteroatoms. The monoisotopic (exact) mass is 607 g/mol. The quantitative estimate of drug-likeness (QED) is 0.114. The van der Waals surface area contributed by atoms with Crippen molar-refractivity contribution >= 4 is 0 Å². The van der Waals surface area contributed by atoms with Crippen LogP contribution in [0.1, 0.15) is 98.0 Å². The van der Waals surface area contributed by atoms with E-state index in [1.54, 1.807) is 6.92 Å². The van der Waals surface area contributed by atoms with Gasteiger partial charge in [-0.05, 0) is 44.6 Å². The first-order valence-electron chi connectivity index (χ1n) is 16.9. The lowest BCUT2D eigenvalue weighted by molar-refractivity contribution is -0.120. The second-order valence-electron chi connectivity index (χ2n) is 11.7. The fourth-order valence-corrected chi connectivity index (χ4v) is 5.01. The molecular formula is C35H61NO7. The predicted molar refractivity (Wildman–Crippen MR) is 172 cm³/mol. The summed E-state index contributed by atoms with van der Waals surface area (Å²) in [5, 5.41) is 24.6. The predicted octanol–water partition coefficient (Wildman–Crippen LogP) is 6.14. The summed E-state index contributed by atoms with van der Waals surface area (Å²) in [4.78, 5) is 0. The van der Waals surface area contributed by atoms with Crippen molar-refractivity contribution in [3.63, 3.8) is 0 Å². The summed E-state index contributed by atoms with van der Waals surface area (Å²) < 4.78 is 32.2. The van der Waals surface area contributed by atoms with Crippen LogP contribution < -0.4 is 5.32 Å². The highest BCUT2D eigenvalue weighted by molar-refractivity contribution is 5.18. The number of aliphatic hydroxyl groups is 2. The first-order valence-corrected chi connectivity index (χ1v) is 16.9. The molecule has 1 aliphatic rings. The Bertz CT molecular complexity index is 850. The average Bonchev–Trinajstić information content (AvgIpc) is 3.01. The number of aliphatic hydroxyl groups excluding tert-OH is 2. The Morgan fingerprint density at radius 1 is 0.791 bits per heavy atom. The van der Waals surface area contributed by atoms with Crippen LogP contribution in [0.5, 0.6) is 0 Å². The summed E-state index contributed by atoms with van der Waals surface area (Å²) in [5.74, 6) is 1.54. The van der Waals surface area contributed by atoms with Gasteiger partial charge in [-0.15, -0.1) is 0 Å². The van der Waals surface area contributed by atoms with Crippen molar-refractivity contribution in [2.45, 2.75) is 129 Å². The van der Waals surface area contributed by atoms with E-state index in [2.05, 4.69) is 33.0 Å². The molecule has 0 fully saturated rings. The van der Waals surface area contributed by atoms with Gasteiger partial charge in [-0.1, -0.05) is 83.7 Å². The van der Waals surface area contributed by atoms with Crippen molar-refractivity contribution in [1.82, 2.24) is 5.32 Å². The standard InChI is InChI=1S/C35H61NO7/c1-6-10-19-39-25-29-23-31(43-26-30(32(38)27(5)37)36-24-28-17-15-14-16-18-28)34(41-21-12-8-3)35(42-22-13-9-4)33(29)40-20-11-7-2/h14-18,27,29-32,34,36-38H,6-13,19-26H2,1-5H3/t27-,29?,30+,31+,32-,34-/m1/s1. The Kier molecular flexibility index (Phi) is 19.9. The molecule has 0 saturated carbocycles. The van der Waals surface area contributed by atoms with Gasteiger partial charge >= 0.3 is 0 Å². The normalized spacial score (nSPS) is 21.0. The van der Waals surface area contributed by atoms with Crippen LogP contribution >= 0.6 is 0 Å². The SMILES string of the molecule is CCCCOCC1C[C@H](OC[C@H](NCc2ccccc2)[C@H](O)[C@@H](C)O)[C@@H](OCCCC)C(OCCCC)=C1OCCCC. The van der Waals surface area contributed by atoms with Gasteiger partial charge in [0.05, 0.1) is 50.8 Å². The van der Waals surface area contributed by atoms with E-state index >= 15 is 0 Å². The molecule has 43 heavy (non-hydrogen) atoms. The maximum absolute atomic E-state index is 10.9. The number of unbranched alkanes of at least 4 members (excludes halogenated alkanes) is 4. The zero-order valence-corrected chi connectivity index (χ0v) is 27.6. The molecule has 0 amide bonds. The Morgan fingerprint density at radius 2 is 1.40 bits per heavy atom. The van der Waals surface area contributed by atoms with Gasteiger partial charge in [0, 0.05) is 25.7 Å². The van der Waals surface area contributed by atoms with Crippen LogP contribution in [0.15, 0.2) is 41.9 Å². The number of rotatable bonds is 25. The third-order valence-electron chi connectivity index (χ3n) is 7.80. The van der Waals surface area contributed by atoms with E-state index in [4.69, 9.17) is 23.7 Å². The van der Waals surface area contributed by atoms with E-state index in [0.29, 0.717) is 46.0 Å². The Hall–Kier alpha value is -1.68. The highest BCUT2D eigenvalue weighted by atomic mass is 16.6. The van der Waals surface area contributed by atoms with Crippen molar-refractivity contribution in [2.75, 3.05) is 39.6 Å². The van der Waals surface area contributed by atoms with Gasteiger partial charge in [0.25, 0.3) is 0 Å². The van der Waals surface area contributed by atoms with Crippen molar-refractivity contribution in [2.24, 2.45) is 5.92 Å². The highest BCUT2D eigenvalue weighted by Gasteiger charge is 2.42. The van der Waals surface area contributed by atoms with E-state index in [1.807, 2.05) is 30.3 Å². The topological polar surface area (TPSA) is 98.6 Å². The summed E-state index contributed by atoms with van der Waals surface area (Å²) in [6, 6.07) is 9.55. The van der Waals surface area contributed by atoms with Crippen LogP contribution in [-0.4, -0.2) is 80.3 Å². The second-order valence-corrected chi connectivity index (χ2v) is 11.7. The van der Waals surface area contributed by atoms with Crippen LogP contribution in [0.2, 0.25) is 0 Å². The molecule has 248 valence electrons. The van der Waals surface area contributed by atoms with Gasteiger partial charge in [0.15, 0.2) is 5.76 Å². The van der Waals surface area contributed by atoms with Gasteiger partial charge < -0.3 is 39.2 Å². The van der Waals surface area contributed by atoms with Crippen molar-refractivity contribution in [3.8, 4) is 0 Å². The first-order chi connectivity index (χ1) is 21.0. The number of hydrogen-bond acceptors (Lipinski definition) is 8. The third-order valence-corrected chi connectivity index (χ3v) is 7.80. The molecule has 2 rings (SSSR count). The molecule has 0 heterocycles. The molecule has 3 N–H and O–H groups in total. The zero-order valence-electron chi connectivity index (χ0n) is 27.6. The lowest BCUT2D eigenvalue weighted by Crippen LogP contribution is -2.50. The first kappa shape index (κ1) is 37.5. The molecule has 0 saturated heterocycles. The number of nitrogens with one attached hydrogen (secondary N) is 1. The Labute approximate surface area is 261 Å². The van der Waals surface area contributed by atoms with Crippen LogP contribution in [0, 0.1) is 5.92 Å². The summed E-state index contributed by atoms with van der Waals surface area (Å²) >= 11 is 0. The van der Waals surface area contributed by atoms with Crippen LogP contribution in [0.25, 0.3) is 0 Å². The fourth-order valence-electron chi connectivity index (χ4n) is 5.01. The van der Waals surface area contributed by atoms with Crippen LogP contribution in [0.4, 0.5) is 0 Å². The average molecular weight is 608 g/mol. The maximum atomic E-state index is 10.9. The maximum Gasteiger partial charge on any atom is 0.165 e. The van der Waals surface area contributed by atoms with Crippen molar-refractivity contribution < 1.29 is 33.9 Å². The molecule has 6 atom stereocenters. The second kappa shape index (κ2) is 22.8. The van der Waals surface area contributed by atoms with Gasteiger partial charge in [-0.3, -0.25) is 0 Å². The summed E-state index contributed by atoms with van der Waals surface area (Å²) in [6.07, 6.45) is 6.00. The molecule has 0 spiro atoms. The lowest BCUT2D eigenvalue weighted by Gasteiger charge is -2.39. The van der Waals surface area contributed by atoms with Crippen LogP contribution in [-0.2, 0) is 30.2 Å². The highest BCUT2D eigenvalue weighted by Crippen LogP contribution is 2.36. The van der Waals surface area contributed by atoms with E-state index in [-0.39, 0.29) is 18.6 Å². The molecule has 8 nitrogen and oxygen atoms in total. The molecule has 1 aromatic carbocycles. The molecule has 0 aliphatic heterocycles. The van der Waals surface area contributed by atoms with Crippen molar-refractivity contribution in [1.29, 1.82) is 0 Å². The summed E-state index contributed by atoms with van der Waals surface area (Å²) in [5.41, 5.74) is 1.09. The fraction of sp³-hybridized carbons (Fsp3) is 0.771. The molecule has 1 aliphatic carbocycles. The van der Waals surface area contributed by atoms with Gasteiger partial charge in [-0.25, -0.2) is 0 Å². The number of benzene rings is 1. The van der Waals surface area contributed by atoms with Crippen molar-refractivity contribution in [3.05, 3.63) is 47.4 Å². The molecule has 1 aromatic rings. The minimum atomic E-state index is -0.997. The molecule has 0 aromatic heterocycles. The molecule has 0 bridgehead atoms. The van der Waals surface area contributed by atoms with E-state index in [9.17, 15) is 10.2 Å². The minimum Gasteiger partial charge on any atom is -0.494 e. The van der Waals surface area contributed by atoms with Gasteiger partial charge in [-0.2, -0.15) is 0 Å². The van der Waals surface area contributed by atoms with E-state index in [1.165, 1.54) is 0 Å². The van der Waals surface area contributed by atoms with E-state index in [0.717, 1.165) is 68.4 Å². The number of hydrogen-bond donors (Lipinski definition) is 3. The summed E-state index contributed by atoms with van der Waals surface area (Å²) in [7, 11) is 0. The Morgan fingerprint density at radius 3 is 2.02 bits per heavy atom. The molecule has 0 radical (unpaired) electrons. The van der Waals surface area contributed by atoms with E-state index < -0.39 is 24.4 Å². The summed E-state index contributed by atoms with van der Waals surface area (Å²) in [6.45, 7) is 14.0. The lowest BCUT2D eigenvalue weighted by atomic mass is 9.88. The largest absolute Gasteiger partial charge is 0.494 e. The number of ether oxygens (including phenoxy) is 5. The van der Waals surface area contributed by atoms with Crippen LogP contribution in [0.3, 0.4) is 0 Å². The van der Waals surface area contributed by atoms with Gasteiger partial charge in [0.1, 0.15) is 11.9 Å². The molecular weight excluding hydrogens is 546 g/mol. The third kappa shape index (κ3) is 13.9.